The number of benzene rings is 1. The van der Waals surface area contributed by atoms with Gasteiger partial charge < -0.3 is 9.84 Å². The molecule has 0 unspecified atom stereocenters. The summed E-state index contributed by atoms with van der Waals surface area (Å²) in [6.45, 7) is 2.83. The zero-order valence-corrected chi connectivity index (χ0v) is 11.9. The number of para-hydroxylation sites is 1. The van der Waals surface area contributed by atoms with Gasteiger partial charge in [-0.1, -0.05) is 18.2 Å². The molecule has 1 aromatic carbocycles. The second-order valence-electron chi connectivity index (χ2n) is 4.46. The van der Waals surface area contributed by atoms with Crippen molar-refractivity contribution in [3.05, 3.63) is 45.9 Å². The molecule has 3 nitrogen and oxygen atoms in total. The molecule has 2 rings (SSSR count). The zero-order chi connectivity index (χ0) is 13.5. The summed E-state index contributed by atoms with van der Waals surface area (Å²) in [5.74, 6) is 0.972. The van der Waals surface area contributed by atoms with Gasteiger partial charge in [-0.25, -0.2) is 4.98 Å². The van der Waals surface area contributed by atoms with E-state index in [1.54, 1.807) is 11.3 Å². The summed E-state index contributed by atoms with van der Waals surface area (Å²) in [6.07, 6.45) is 3.04. The van der Waals surface area contributed by atoms with Crippen LogP contribution in [0.4, 0.5) is 0 Å². The van der Waals surface area contributed by atoms with Gasteiger partial charge in [-0.05, 0) is 37.8 Å². The third-order valence-corrected chi connectivity index (χ3v) is 3.85. The molecule has 0 radical (unpaired) electrons. The van der Waals surface area contributed by atoms with Crippen molar-refractivity contribution in [3.63, 3.8) is 0 Å². The van der Waals surface area contributed by atoms with E-state index in [1.165, 1.54) is 5.56 Å². The lowest BCUT2D eigenvalue weighted by atomic mass is 10.2. The van der Waals surface area contributed by atoms with Gasteiger partial charge in [-0.2, -0.15) is 0 Å². The molecule has 0 aliphatic rings. The maximum absolute atomic E-state index is 8.94. The number of nitrogens with zero attached hydrogens (tertiary/aromatic N) is 1. The minimum Gasteiger partial charge on any atom is -0.493 e. The highest BCUT2D eigenvalue weighted by Crippen LogP contribution is 2.17. The molecule has 0 saturated carbocycles. The number of aliphatic hydroxyl groups is 1. The number of ether oxygens (including phenoxy) is 1. The number of rotatable bonds is 7. The molecule has 102 valence electrons. The molecule has 4 heteroatoms. The quantitative estimate of drug-likeness (QED) is 0.789. The highest BCUT2D eigenvalue weighted by Gasteiger charge is 2.01. The van der Waals surface area contributed by atoms with Crippen molar-refractivity contribution in [1.82, 2.24) is 4.98 Å². The summed E-state index contributed by atoms with van der Waals surface area (Å²) in [4.78, 5) is 4.33. The number of aliphatic hydroxyl groups excluding tert-OH is 1. The highest BCUT2D eigenvalue weighted by molar-refractivity contribution is 7.09. The molecular weight excluding hydrogens is 258 g/mol. The van der Waals surface area contributed by atoms with E-state index in [4.69, 9.17) is 9.84 Å². The van der Waals surface area contributed by atoms with Crippen molar-refractivity contribution in [2.45, 2.75) is 32.8 Å². The van der Waals surface area contributed by atoms with Gasteiger partial charge in [-0.3, -0.25) is 0 Å². The third kappa shape index (κ3) is 4.33. The first-order valence-corrected chi connectivity index (χ1v) is 7.40. The molecule has 19 heavy (non-hydrogen) atoms. The Morgan fingerprint density at radius 1 is 1.26 bits per heavy atom. The monoisotopic (exact) mass is 277 g/mol. The van der Waals surface area contributed by atoms with E-state index in [0.29, 0.717) is 0 Å². The third-order valence-electron chi connectivity index (χ3n) is 2.90. The summed E-state index contributed by atoms with van der Waals surface area (Å²) >= 11 is 1.62. The SMILES string of the molecule is Cc1ccccc1OCCCCc1nc(CO)cs1. The van der Waals surface area contributed by atoms with Gasteiger partial charge in [0.15, 0.2) is 0 Å². The summed E-state index contributed by atoms with van der Waals surface area (Å²) in [7, 11) is 0. The summed E-state index contributed by atoms with van der Waals surface area (Å²) in [6, 6.07) is 8.07. The second kappa shape index (κ2) is 7.26. The molecule has 0 aliphatic carbocycles. The van der Waals surface area contributed by atoms with Gasteiger partial charge in [0.25, 0.3) is 0 Å². The minimum absolute atomic E-state index is 0.0346. The van der Waals surface area contributed by atoms with Gasteiger partial charge in [0.1, 0.15) is 5.75 Å². The van der Waals surface area contributed by atoms with E-state index in [1.807, 2.05) is 23.6 Å². The number of thiazole rings is 1. The topological polar surface area (TPSA) is 42.4 Å². The fourth-order valence-corrected chi connectivity index (χ4v) is 2.65. The zero-order valence-electron chi connectivity index (χ0n) is 11.1. The molecule has 0 bridgehead atoms. The Hall–Kier alpha value is -1.39. The first kappa shape index (κ1) is 14.0. The predicted molar refractivity (Wildman–Crippen MR) is 77.6 cm³/mol. The number of hydrogen-bond acceptors (Lipinski definition) is 4. The molecule has 1 aromatic heterocycles. The fourth-order valence-electron chi connectivity index (χ4n) is 1.82. The Morgan fingerprint density at radius 3 is 2.84 bits per heavy atom. The average Bonchev–Trinajstić information content (AvgIpc) is 2.88. The van der Waals surface area contributed by atoms with Crippen molar-refractivity contribution >= 4 is 11.3 Å². The van der Waals surface area contributed by atoms with E-state index in [-0.39, 0.29) is 6.61 Å². The summed E-state index contributed by atoms with van der Waals surface area (Å²) in [5.41, 5.74) is 1.95. The lowest BCUT2D eigenvalue weighted by molar-refractivity contribution is 0.277. The van der Waals surface area contributed by atoms with Crippen molar-refractivity contribution in [3.8, 4) is 5.75 Å². The van der Waals surface area contributed by atoms with Crippen molar-refractivity contribution in [2.24, 2.45) is 0 Å². The summed E-state index contributed by atoms with van der Waals surface area (Å²) < 4.78 is 5.74. The molecule has 0 spiro atoms. The lowest BCUT2D eigenvalue weighted by Gasteiger charge is -2.08. The normalized spacial score (nSPS) is 10.6. The van der Waals surface area contributed by atoms with Crippen LogP contribution in [-0.4, -0.2) is 16.7 Å². The molecule has 0 saturated heterocycles. The van der Waals surface area contributed by atoms with Crippen LogP contribution in [0.3, 0.4) is 0 Å². The number of aromatic nitrogens is 1. The fraction of sp³-hybridized carbons (Fsp3) is 0.400. The molecule has 1 N–H and O–H groups in total. The molecule has 0 aliphatic heterocycles. The van der Waals surface area contributed by atoms with Crippen LogP contribution in [0.2, 0.25) is 0 Å². The van der Waals surface area contributed by atoms with Crippen LogP contribution >= 0.6 is 11.3 Å². The Kier molecular flexibility index (Phi) is 5.36. The van der Waals surface area contributed by atoms with Crippen molar-refractivity contribution < 1.29 is 9.84 Å². The first-order chi connectivity index (χ1) is 9.29. The maximum Gasteiger partial charge on any atom is 0.122 e. The Morgan fingerprint density at radius 2 is 2.11 bits per heavy atom. The van der Waals surface area contributed by atoms with E-state index in [9.17, 15) is 0 Å². The van der Waals surface area contributed by atoms with Gasteiger partial charge in [0, 0.05) is 5.38 Å². The van der Waals surface area contributed by atoms with Crippen molar-refractivity contribution in [1.29, 1.82) is 0 Å². The molecular formula is C15H19NO2S. The van der Waals surface area contributed by atoms with E-state index in [2.05, 4.69) is 18.0 Å². The van der Waals surface area contributed by atoms with E-state index >= 15 is 0 Å². The van der Waals surface area contributed by atoms with Gasteiger partial charge in [0.2, 0.25) is 0 Å². The number of unbranched alkanes of at least 4 members (excludes halogenated alkanes) is 1. The number of hydrogen-bond donors (Lipinski definition) is 1. The van der Waals surface area contributed by atoms with Gasteiger partial charge >= 0.3 is 0 Å². The first-order valence-electron chi connectivity index (χ1n) is 6.52. The van der Waals surface area contributed by atoms with Crippen LogP contribution in [0.5, 0.6) is 5.75 Å². The molecule has 0 fully saturated rings. The van der Waals surface area contributed by atoms with E-state index in [0.717, 1.165) is 42.3 Å². The van der Waals surface area contributed by atoms with Crippen LogP contribution in [0.15, 0.2) is 29.6 Å². The van der Waals surface area contributed by atoms with Gasteiger partial charge in [0.05, 0.1) is 23.9 Å². The second-order valence-corrected chi connectivity index (χ2v) is 5.40. The van der Waals surface area contributed by atoms with Gasteiger partial charge in [-0.15, -0.1) is 11.3 Å². The number of aryl methyl sites for hydroxylation is 2. The van der Waals surface area contributed by atoms with Crippen LogP contribution in [-0.2, 0) is 13.0 Å². The Bertz CT molecular complexity index is 510. The lowest BCUT2D eigenvalue weighted by Crippen LogP contribution is -1.99. The largest absolute Gasteiger partial charge is 0.493 e. The van der Waals surface area contributed by atoms with Crippen LogP contribution in [0.25, 0.3) is 0 Å². The predicted octanol–water partition coefficient (Wildman–Crippen LogP) is 3.35. The standard InChI is InChI=1S/C15H19NO2S/c1-12-6-2-3-7-14(12)18-9-5-4-8-15-16-13(10-17)11-19-15/h2-3,6-7,11,17H,4-5,8-10H2,1H3. The maximum atomic E-state index is 8.94. The average molecular weight is 277 g/mol. The minimum atomic E-state index is 0.0346. The Balaban J connectivity index is 1.66. The van der Waals surface area contributed by atoms with Crippen LogP contribution < -0.4 is 4.74 Å². The molecule has 0 amide bonds. The highest BCUT2D eigenvalue weighted by atomic mass is 32.1. The molecule has 2 aromatic rings. The summed E-state index contributed by atoms with van der Waals surface area (Å²) in [5, 5.41) is 11.9. The molecule has 0 atom stereocenters. The van der Waals surface area contributed by atoms with E-state index < -0.39 is 0 Å². The van der Waals surface area contributed by atoms with Crippen LogP contribution in [0.1, 0.15) is 29.1 Å². The molecule has 1 heterocycles. The van der Waals surface area contributed by atoms with Crippen molar-refractivity contribution in [2.75, 3.05) is 6.61 Å². The smallest absolute Gasteiger partial charge is 0.122 e. The Labute approximate surface area is 117 Å². The van der Waals surface area contributed by atoms with Crippen LogP contribution in [0, 0.1) is 6.92 Å².